The van der Waals surface area contributed by atoms with Gasteiger partial charge in [-0.3, -0.25) is 0 Å². The summed E-state index contributed by atoms with van der Waals surface area (Å²) < 4.78 is 0. The van der Waals surface area contributed by atoms with Crippen LogP contribution in [0.2, 0.25) is 0 Å². The molecule has 7 heteroatoms. The van der Waals surface area contributed by atoms with Crippen LogP contribution in [0.5, 0.6) is 0 Å². The van der Waals surface area contributed by atoms with Gasteiger partial charge in [-0.1, -0.05) is 0 Å². The molecule has 0 fully saturated rings. The van der Waals surface area contributed by atoms with Crippen LogP contribution < -0.4 is 5.02 Å². The molecule has 0 aromatic heterocycles. The Morgan fingerprint density at radius 2 is 1.29 bits per heavy atom. The molecule has 0 unspecified atom stereocenters. The fraction of sp³-hybridized carbons (Fsp3) is 0. The van der Waals surface area contributed by atoms with Crippen molar-refractivity contribution in [3.63, 3.8) is 0 Å². The van der Waals surface area contributed by atoms with Crippen molar-refractivity contribution in [3.8, 4) is 0 Å². The maximum absolute atomic E-state index is 8.64. The fourth-order valence-electron chi connectivity index (χ4n) is 0. The molecule has 0 rings (SSSR count). The van der Waals surface area contributed by atoms with Crippen LogP contribution in [0.3, 0.4) is 0 Å². The summed E-state index contributed by atoms with van der Waals surface area (Å²) in [5, 5.41) is 22.8. The molecule has 0 aliphatic carbocycles. The van der Waals surface area contributed by atoms with Gasteiger partial charge >= 0.3 is 45.1 Å². The van der Waals surface area contributed by atoms with Crippen LogP contribution in [0.15, 0.2) is 0 Å². The molecule has 0 amide bonds. The van der Waals surface area contributed by atoms with E-state index < -0.39 is 7.32 Å². The Hall–Kier alpha value is 1.12. The normalized spacial score (nSPS) is 3.86. The van der Waals surface area contributed by atoms with Crippen molar-refractivity contribution >= 4 is 45.1 Å². The van der Waals surface area contributed by atoms with E-state index in [0.717, 1.165) is 0 Å². The van der Waals surface area contributed by atoms with Crippen molar-refractivity contribution in [2.24, 2.45) is 0 Å². The molecule has 0 radical (unpaired) electrons. The zero-order valence-electron chi connectivity index (χ0n) is 3.53. The van der Waals surface area contributed by atoms with Crippen LogP contribution >= 0.6 is 0 Å². The molecule has 0 aliphatic rings. The second-order valence-corrected chi connectivity index (χ2v) is 0.326. The summed E-state index contributed by atoms with van der Waals surface area (Å²) in [6, 6.07) is 0. The largest absolute Gasteiger partial charge is 2.00 e. The van der Waals surface area contributed by atoms with Gasteiger partial charge in [0, 0.05) is 0 Å². The molecule has 0 saturated heterocycles. The Balaban J connectivity index is -0.0000000150. The Morgan fingerprint density at radius 1 is 1.29 bits per heavy atom. The first-order chi connectivity index (χ1) is 1.73. The van der Waals surface area contributed by atoms with E-state index in [1.165, 1.54) is 0 Å². The van der Waals surface area contributed by atoms with E-state index in [2.05, 4.69) is 0 Å². The molecule has 0 aromatic carbocycles. The first kappa shape index (κ1) is 24.2. The second-order valence-electron chi connectivity index (χ2n) is 0.326. The van der Waals surface area contributed by atoms with Crippen molar-refractivity contribution in [2.45, 2.75) is 0 Å². The minimum Gasteiger partial charge on any atom is -0.870 e. The van der Waals surface area contributed by atoms with Crippen molar-refractivity contribution in [1.82, 2.24) is 0 Å². The van der Waals surface area contributed by atoms with Gasteiger partial charge in [-0.25, -0.2) is 0 Å². The molecular formula is H5BCaO5. The first-order valence-corrected chi connectivity index (χ1v) is 0.752. The van der Waals surface area contributed by atoms with Crippen LogP contribution in [0.25, 0.3) is 0 Å². The van der Waals surface area contributed by atoms with Gasteiger partial charge < -0.3 is 26.0 Å². The average molecular weight is 136 g/mol. The third-order valence-corrected chi connectivity index (χ3v) is 0. The molecular weight excluding hydrogens is 131 g/mol. The van der Waals surface area contributed by atoms with Gasteiger partial charge in [-0.2, -0.15) is 0 Å². The Morgan fingerprint density at radius 3 is 1.29 bits per heavy atom. The summed E-state index contributed by atoms with van der Waals surface area (Å²) in [5.74, 6) is 0. The summed E-state index contributed by atoms with van der Waals surface area (Å²) in [5.41, 5.74) is 0. The molecule has 0 saturated carbocycles. The van der Waals surface area contributed by atoms with Gasteiger partial charge in [0.2, 0.25) is 0 Å². The van der Waals surface area contributed by atoms with E-state index in [-0.39, 0.29) is 48.7 Å². The van der Waals surface area contributed by atoms with Gasteiger partial charge in [-0.15, -0.1) is 0 Å². The molecule has 7 heavy (non-hydrogen) atoms. The van der Waals surface area contributed by atoms with Gasteiger partial charge in [0.25, 0.3) is 0 Å². The molecule has 0 atom stereocenters. The molecule has 5 nitrogen and oxygen atoms in total. The molecule has 0 heterocycles. The standard InChI is InChI=1S/BH2O3.Ca.2H2O/c2-1(3)4;;;/h2-3H;;2*1H2/q-1;+2;;/p-1. The summed E-state index contributed by atoms with van der Waals surface area (Å²) >= 11 is 0. The zero-order chi connectivity index (χ0) is 3.58. The van der Waals surface area contributed by atoms with E-state index >= 15 is 0 Å². The number of rotatable bonds is 0. The quantitative estimate of drug-likeness (QED) is 0.328. The molecule has 0 aliphatic heterocycles. The topological polar surface area (TPSA) is 125 Å². The van der Waals surface area contributed by atoms with E-state index in [1.54, 1.807) is 0 Å². The maximum atomic E-state index is 8.64. The third-order valence-electron chi connectivity index (χ3n) is 0. The van der Waals surface area contributed by atoms with Crippen LogP contribution in [0.1, 0.15) is 0 Å². The molecule has 0 aromatic rings. The first-order valence-electron chi connectivity index (χ1n) is 0.752. The van der Waals surface area contributed by atoms with E-state index in [4.69, 9.17) is 15.1 Å². The predicted octanol–water partition coefficient (Wildman–Crippen LogP) is -4.07. The van der Waals surface area contributed by atoms with Crippen LogP contribution in [-0.4, -0.2) is 66.1 Å². The van der Waals surface area contributed by atoms with Crippen LogP contribution in [0, 0.1) is 0 Å². The molecule has 40 valence electrons. The fourth-order valence-corrected chi connectivity index (χ4v) is 0. The Bertz CT molecular complexity index is 12.8. The van der Waals surface area contributed by atoms with Gasteiger partial charge in [-0.05, 0) is 0 Å². The Labute approximate surface area is 70.8 Å². The predicted molar refractivity (Wildman–Crippen MR) is 21.5 cm³/mol. The monoisotopic (exact) mass is 136 g/mol. The zero-order valence-corrected chi connectivity index (χ0v) is 5.74. The minimum absolute atomic E-state index is 0. The van der Waals surface area contributed by atoms with Gasteiger partial charge in [0.15, 0.2) is 0 Å². The van der Waals surface area contributed by atoms with Crippen LogP contribution in [0.4, 0.5) is 0 Å². The minimum atomic E-state index is -2.42. The summed E-state index contributed by atoms with van der Waals surface area (Å²) in [6.07, 6.45) is 0. The molecule has 0 bridgehead atoms. The number of hydrogen-bond acceptors (Lipinski definition) is 4. The van der Waals surface area contributed by atoms with E-state index in [1.807, 2.05) is 0 Å². The van der Waals surface area contributed by atoms with E-state index in [0.29, 0.717) is 0 Å². The van der Waals surface area contributed by atoms with Gasteiger partial charge in [0.05, 0.1) is 0 Å². The maximum Gasteiger partial charge on any atom is 2.00 e. The van der Waals surface area contributed by atoms with Crippen molar-refractivity contribution in [2.75, 3.05) is 0 Å². The molecule has 5 N–H and O–H groups in total. The van der Waals surface area contributed by atoms with Crippen molar-refractivity contribution < 1.29 is 26.0 Å². The molecule has 0 spiro atoms. The van der Waals surface area contributed by atoms with Gasteiger partial charge in [0.1, 0.15) is 0 Å². The third kappa shape index (κ3) is 148. The van der Waals surface area contributed by atoms with Crippen molar-refractivity contribution in [3.05, 3.63) is 0 Å². The Kier molecular flexibility index (Phi) is 54.4. The summed E-state index contributed by atoms with van der Waals surface area (Å²) in [4.78, 5) is 0. The van der Waals surface area contributed by atoms with Crippen molar-refractivity contribution in [1.29, 1.82) is 0 Å². The average Bonchev–Trinajstić information content (AvgIpc) is 0.811. The summed E-state index contributed by atoms with van der Waals surface area (Å²) in [6.45, 7) is 0. The second kappa shape index (κ2) is 15.7. The summed E-state index contributed by atoms with van der Waals surface area (Å²) in [7, 11) is -2.42. The smallest absolute Gasteiger partial charge is 0.870 e. The van der Waals surface area contributed by atoms with E-state index in [9.17, 15) is 0 Å². The van der Waals surface area contributed by atoms with Crippen LogP contribution in [-0.2, 0) is 0 Å². The number of hydrogen-bond donors (Lipinski definition) is 2. The SMILES string of the molecule is O.[Ca+2].[O-]B(O)O.[OH-].